The second-order valence-corrected chi connectivity index (χ2v) is 6.83. The molecule has 0 radical (unpaired) electrons. The van der Waals surface area contributed by atoms with E-state index in [0.29, 0.717) is 11.3 Å². The summed E-state index contributed by atoms with van der Waals surface area (Å²) < 4.78 is 10.9. The summed E-state index contributed by atoms with van der Waals surface area (Å²) in [6.07, 6.45) is 3.26. The minimum Gasteiger partial charge on any atom is -0.488 e. The number of para-hydroxylation sites is 1. The molecule has 11 nitrogen and oxygen atoms in total. The van der Waals surface area contributed by atoms with Gasteiger partial charge in [0.25, 0.3) is 0 Å². The summed E-state index contributed by atoms with van der Waals surface area (Å²) in [7, 11) is 1.31. The van der Waals surface area contributed by atoms with Gasteiger partial charge in [0.1, 0.15) is 6.61 Å². The second-order valence-electron chi connectivity index (χ2n) is 6.83. The van der Waals surface area contributed by atoms with Crippen LogP contribution < -0.4 is 14.8 Å². The minimum absolute atomic E-state index is 0.00943. The number of aromatic amines is 1. The lowest BCUT2D eigenvalue weighted by Gasteiger charge is -2.15. The predicted octanol–water partition coefficient (Wildman–Crippen LogP) is 2.58. The topological polar surface area (TPSA) is 140 Å². The highest BCUT2D eigenvalue weighted by molar-refractivity contribution is 6.01. The van der Waals surface area contributed by atoms with Crippen molar-refractivity contribution in [2.45, 2.75) is 0 Å². The molecule has 3 aromatic rings. The average Bonchev–Trinajstić information content (AvgIpc) is 3.35. The van der Waals surface area contributed by atoms with Crippen LogP contribution in [0.15, 0.2) is 36.4 Å². The van der Waals surface area contributed by atoms with Crippen molar-refractivity contribution in [2.24, 2.45) is 0 Å². The van der Waals surface area contributed by atoms with Gasteiger partial charge in [-0.3, -0.25) is 24.9 Å². The van der Waals surface area contributed by atoms with Gasteiger partial charge < -0.3 is 14.8 Å². The number of urea groups is 1. The van der Waals surface area contributed by atoms with Crippen LogP contribution in [0.2, 0.25) is 0 Å². The molecule has 32 heavy (non-hydrogen) atoms. The maximum Gasteiger partial charge on any atom is 0.324 e. The monoisotopic (exact) mass is 437 g/mol. The molecule has 1 aliphatic heterocycles. The number of nitrogens with one attached hydrogen (secondary N) is 2. The number of fused-ring (bicyclic) bond motifs is 1. The number of benzene rings is 2. The molecule has 0 atom stereocenters. The Morgan fingerprint density at radius 1 is 1.22 bits per heavy atom. The molecule has 3 amide bonds. The number of hydrogen-bond acceptors (Lipinski definition) is 7. The second kappa shape index (κ2) is 8.76. The third-order valence-corrected chi connectivity index (χ3v) is 4.94. The van der Waals surface area contributed by atoms with Crippen LogP contribution in [-0.2, 0) is 4.79 Å². The van der Waals surface area contributed by atoms with Gasteiger partial charge in [-0.2, -0.15) is 5.10 Å². The van der Waals surface area contributed by atoms with Crippen molar-refractivity contribution >= 4 is 40.7 Å². The first-order valence-corrected chi connectivity index (χ1v) is 9.67. The molecule has 2 N–H and O–H groups in total. The van der Waals surface area contributed by atoms with Crippen LogP contribution in [0.1, 0.15) is 11.3 Å². The van der Waals surface area contributed by atoms with E-state index in [2.05, 4.69) is 15.5 Å². The molecule has 164 valence electrons. The van der Waals surface area contributed by atoms with Gasteiger partial charge in [0.15, 0.2) is 5.75 Å². The highest BCUT2D eigenvalue weighted by Gasteiger charge is 2.29. The Hall–Kier alpha value is -4.41. The molecule has 4 rings (SSSR count). The first-order valence-electron chi connectivity index (χ1n) is 9.67. The summed E-state index contributed by atoms with van der Waals surface area (Å²) >= 11 is 0. The van der Waals surface area contributed by atoms with Crippen LogP contribution in [0.5, 0.6) is 11.5 Å². The summed E-state index contributed by atoms with van der Waals surface area (Å²) in [6, 6.07) is 10.1. The van der Waals surface area contributed by atoms with Gasteiger partial charge >= 0.3 is 11.7 Å². The number of imide groups is 1. The number of carbonyl (C=O) groups excluding carboxylic acids is 2. The zero-order valence-electron chi connectivity index (χ0n) is 17.0. The molecular weight excluding hydrogens is 418 g/mol. The van der Waals surface area contributed by atoms with Gasteiger partial charge in [0, 0.05) is 5.39 Å². The molecule has 2 aromatic carbocycles. The third kappa shape index (κ3) is 3.95. The van der Waals surface area contributed by atoms with E-state index in [-0.39, 0.29) is 42.8 Å². The fourth-order valence-corrected chi connectivity index (χ4v) is 3.41. The molecule has 2 heterocycles. The van der Waals surface area contributed by atoms with Crippen molar-refractivity contribution in [3.63, 3.8) is 0 Å². The van der Waals surface area contributed by atoms with Crippen LogP contribution in [0, 0.1) is 10.1 Å². The minimum atomic E-state index is -0.550. The van der Waals surface area contributed by atoms with E-state index < -0.39 is 11.0 Å². The number of aromatic nitrogens is 2. The fraction of sp³-hybridized carbons (Fsp3) is 0.190. The molecule has 0 spiro atoms. The standard InChI is InChI=1S/C21H19N5O6/c1-31-20-17(32-11-10-25-18(27)12-22-21(25)28)9-7-13(19(20)26(29)30)6-8-16-14-4-2-3-5-15(14)23-24-16/h2-9H,10-12H2,1H3,(H,22,28)(H,23,24)/b8-6+. The zero-order chi connectivity index (χ0) is 22.7. The van der Waals surface area contributed by atoms with Gasteiger partial charge in [0.2, 0.25) is 11.7 Å². The van der Waals surface area contributed by atoms with Gasteiger partial charge in [-0.1, -0.05) is 18.2 Å². The van der Waals surface area contributed by atoms with Crippen molar-refractivity contribution in [3.05, 3.63) is 57.8 Å². The summed E-state index contributed by atoms with van der Waals surface area (Å²) in [6.45, 7) is -0.0867. The van der Waals surface area contributed by atoms with Crippen LogP contribution in [0.25, 0.3) is 23.1 Å². The first kappa shape index (κ1) is 20.8. The highest BCUT2D eigenvalue weighted by Crippen LogP contribution is 2.40. The van der Waals surface area contributed by atoms with Crippen LogP contribution >= 0.6 is 0 Å². The Morgan fingerprint density at radius 3 is 2.75 bits per heavy atom. The van der Waals surface area contributed by atoms with Gasteiger partial charge in [-0.05, 0) is 30.4 Å². The molecule has 0 bridgehead atoms. The van der Waals surface area contributed by atoms with Crippen molar-refractivity contribution in [2.75, 3.05) is 26.8 Å². The van der Waals surface area contributed by atoms with Gasteiger partial charge in [-0.25, -0.2) is 4.79 Å². The van der Waals surface area contributed by atoms with Crippen molar-refractivity contribution in [1.82, 2.24) is 20.4 Å². The number of nitro benzene ring substituents is 1. The number of nitrogens with zero attached hydrogens (tertiary/aromatic N) is 3. The number of nitro groups is 1. The molecule has 0 saturated carbocycles. The lowest BCUT2D eigenvalue weighted by Crippen LogP contribution is -2.34. The number of amides is 3. The van der Waals surface area contributed by atoms with Crippen molar-refractivity contribution in [3.8, 4) is 11.5 Å². The van der Waals surface area contributed by atoms with E-state index in [9.17, 15) is 19.7 Å². The summed E-state index contributed by atoms with van der Waals surface area (Å²) in [5.74, 6) is -0.280. The number of methoxy groups -OCH3 is 1. The largest absolute Gasteiger partial charge is 0.488 e. The Bertz CT molecular complexity index is 1220. The maximum absolute atomic E-state index is 11.8. The van der Waals surface area contributed by atoms with E-state index in [1.165, 1.54) is 13.2 Å². The van der Waals surface area contributed by atoms with Crippen molar-refractivity contribution in [1.29, 1.82) is 0 Å². The molecular formula is C21H19N5O6. The smallest absolute Gasteiger partial charge is 0.324 e. The van der Waals surface area contributed by atoms with Gasteiger partial charge in [0.05, 0.1) is 41.9 Å². The van der Waals surface area contributed by atoms with E-state index in [1.807, 2.05) is 24.3 Å². The number of H-pyrrole nitrogens is 1. The zero-order valence-corrected chi connectivity index (χ0v) is 17.0. The number of carbonyl (C=O) groups is 2. The van der Waals surface area contributed by atoms with Crippen molar-refractivity contribution < 1.29 is 24.0 Å². The Morgan fingerprint density at radius 2 is 2.03 bits per heavy atom. The SMILES string of the molecule is COc1c(OCCN2C(=O)CNC2=O)ccc(/C=C/c2n[nH]c3ccccc23)c1[N+](=O)[O-]. The van der Waals surface area contributed by atoms with Gasteiger partial charge in [-0.15, -0.1) is 0 Å². The van der Waals surface area contributed by atoms with Crippen LogP contribution in [0.4, 0.5) is 10.5 Å². The molecule has 1 aliphatic rings. The highest BCUT2D eigenvalue weighted by atomic mass is 16.6. The van der Waals surface area contributed by atoms with E-state index in [4.69, 9.17) is 9.47 Å². The Kier molecular flexibility index (Phi) is 5.71. The average molecular weight is 437 g/mol. The fourth-order valence-electron chi connectivity index (χ4n) is 3.41. The molecule has 1 aromatic heterocycles. The van der Waals surface area contributed by atoms with Crippen LogP contribution in [-0.4, -0.2) is 58.8 Å². The summed E-state index contributed by atoms with van der Waals surface area (Å²) in [5.41, 5.74) is 1.53. The maximum atomic E-state index is 11.8. The predicted molar refractivity (Wildman–Crippen MR) is 115 cm³/mol. The summed E-state index contributed by atoms with van der Waals surface area (Å²) in [4.78, 5) is 35.5. The molecule has 11 heteroatoms. The molecule has 1 saturated heterocycles. The van der Waals surface area contributed by atoms with E-state index in [0.717, 1.165) is 15.8 Å². The number of hydrogen-bond donors (Lipinski definition) is 2. The molecule has 0 aliphatic carbocycles. The lowest BCUT2D eigenvalue weighted by molar-refractivity contribution is -0.386. The third-order valence-electron chi connectivity index (χ3n) is 4.94. The molecule has 1 fully saturated rings. The normalized spacial score (nSPS) is 13.7. The summed E-state index contributed by atoms with van der Waals surface area (Å²) in [5, 5.41) is 22.2. The quantitative estimate of drug-likeness (QED) is 0.314. The molecule has 0 unspecified atom stereocenters. The Balaban J connectivity index is 1.58. The number of ether oxygens (including phenoxy) is 2. The number of rotatable bonds is 8. The van der Waals surface area contributed by atoms with E-state index in [1.54, 1.807) is 18.2 Å². The van der Waals surface area contributed by atoms with E-state index >= 15 is 0 Å². The van der Waals surface area contributed by atoms with Crippen LogP contribution in [0.3, 0.4) is 0 Å². The Labute approximate surface area is 181 Å². The lowest BCUT2D eigenvalue weighted by atomic mass is 10.1. The first-order chi connectivity index (χ1) is 15.5.